The topological polar surface area (TPSA) is 81.8 Å². The highest BCUT2D eigenvalue weighted by Crippen LogP contribution is 2.24. The number of hydrogen-bond acceptors (Lipinski definition) is 6. The normalized spacial score (nSPS) is 15.5. The predicted molar refractivity (Wildman–Crippen MR) is 91.1 cm³/mol. The second kappa shape index (κ2) is 6.40. The Hall–Kier alpha value is -2.74. The van der Waals surface area contributed by atoms with E-state index in [1.54, 1.807) is 18.5 Å². The molecule has 124 valence electrons. The van der Waals surface area contributed by atoms with Gasteiger partial charge in [0.15, 0.2) is 11.5 Å². The van der Waals surface area contributed by atoms with Gasteiger partial charge in [-0.15, -0.1) is 0 Å². The summed E-state index contributed by atoms with van der Waals surface area (Å²) < 4.78 is 13.1. The first-order chi connectivity index (χ1) is 11.8. The van der Waals surface area contributed by atoms with Crippen molar-refractivity contribution < 1.29 is 4.39 Å². The molecule has 1 saturated heterocycles. The van der Waals surface area contributed by atoms with E-state index >= 15 is 0 Å². The van der Waals surface area contributed by atoms with Gasteiger partial charge < -0.3 is 20.5 Å². The Kier molecular flexibility index (Phi) is 3.96. The lowest BCUT2D eigenvalue weighted by Crippen LogP contribution is -2.29. The van der Waals surface area contributed by atoms with Crippen molar-refractivity contribution >= 4 is 28.6 Å². The van der Waals surface area contributed by atoms with E-state index < -0.39 is 0 Å². The van der Waals surface area contributed by atoms with Crippen LogP contribution < -0.4 is 15.5 Å². The Morgan fingerprint density at radius 3 is 2.83 bits per heavy atom. The smallest absolute Gasteiger partial charge is 0.231 e. The van der Waals surface area contributed by atoms with Crippen LogP contribution in [0, 0.1) is 5.82 Å². The molecule has 1 aliphatic rings. The number of anilines is 3. The monoisotopic (exact) mass is 327 g/mol. The zero-order valence-corrected chi connectivity index (χ0v) is 13.1. The number of nitrogens with one attached hydrogen (secondary N) is 3. The van der Waals surface area contributed by atoms with Gasteiger partial charge in [0.05, 0.1) is 6.33 Å². The average Bonchev–Trinajstić information content (AvgIpc) is 2.89. The van der Waals surface area contributed by atoms with Crippen LogP contribution in [0.15, 0.2) is 30.6 Å². The minimum atomic E-state index is -0.276. The average molecular weight is 327 g/mol. The molecule has 0 atom stereocenters. The van der Waals surface area contributed by atoms with Gasteiger partial charge in [-0.3, -0.25) is 0 Å². The fourth-order valence-corrected chi connectivity index (χ4v) is 2.82. The van der Waals surface area contributed by atoms with Gasteiger partial charge in [0.1, 0.15) is 11.3 Å². The standard InChI is InChI=1S/C16H18FN7/c17-11-2-4-12(5-3-11)21-16-22-14-13(19-10-20-14)15(23-16)24-8-1-6-18-7-9-24/h2-5,10,18H,1,6-9H2,(H2,19,20,21,22,23). The van der Waals surface area contributed by atoms with Gasteiger partial charge in [-0.1, -0.05) is 0 Å². The Balaban J connectivity index is 1.70. The first-order valence-electron chi connectivity index (χ1n) is 7.99. The molecule has 0 amide bonds. The molecule has 0 unspecified atom stereocenters. The maximum Gasteiger partial charge on any atom is 0.231 e. The molecule has 0 radical (unpaired) electrons. The van der Waals surface area contributed by atoms with Gasteiger partial charge in [-0.05, 0) is 37.2 Å². The first-order valence-corrected chi connectivity index (χ1v) is 7.99. The first kappa shape index (κ1) is 14.8. The Labute approximate surface area is 138 Å². The van der Waals surface area contributed by atoms with Gasteiger partial charge in [0.2, 0.25) is 5.95 Å². The number of aromatic nitrogens is 4. The zero-order valence-electron chi connectivity index (χ0n) is 13.1. The summed E-state index contributed by atoms with van der Waals surface area (Å²) in [5, 5.41) is 6.51. The number of benzene rings is 1. The van der Waals surface area contributed by atoms with Crippen LogP contribution in [0.1, 0.15) is 6.42 Å². The molecule has 0 spiro atoms. The molecule has 0 aliphatic carbocycles. The van der Waals surface area contributed by atoms with E-state index in [1.807, 2.05) is 0 Å². The van der Waals surface area contributed by atoms with E-state index in [0.717, 1.165) is 49.6 Å². The Morgan fingerprint density at radius 1 is 1.08 bits per heavy atom. The SMILES string of the molecule is Fc1ccc(Nc2nc(N3CCCNCC3)c3[nH]cnc3n2)cc1. The fourth-order valence-electron chi connectivity index (χ4n) is 2.82. The van der Waals surface area contributed by atoms with Crippen molar-refractivity contribution in [1.82, 2.24) is 25.3 Å². The van der Waals surface area contributed by atoms with Crippen molar-refractivity contribution in [3.05, 3.63) is 36.4 Å². The highest BCUT2D eigenvalue weighted by molar-refractivity contribution is 5.84. The number of H-pyrrole nitrogens is 1. The molecule has 8 heteroatoms. The van der Waals surface area contributed by atoms with Gasteiger partial charge in [0.25, 0.3) is 0 Å². The van der Waals surface area contributed by atoms with Gasteiger partial charge in [0, 0.05) is 25.3 Å². The van der Waals surface area contributed by atoms with Crippen LogP contribution in [0.25, 0.3) is 11.2 Å². The van der Waals surface area contributed by atoms with Gasteiger partial charge in [-0.2, -0.15) is 9.97 Å². The third-order valence-electron chi connectivity index (χ3n) is 4.01. The zero-order chi connectivity index (χ0) is 16.4. The summed E-state index contributed by atoms with van der Waals surface area (Å²) in [5.74, 6) is 1.02. The maximum absolute atomic E-state index is 13.1. The van der Waals surface area contributed by atoms with Crippen molar-refractivity contribution in [1.29, 1.82) is 0 Å². The summed E-state index contributed by atoms with van der Waals surface area (Å²) in [6.45, 7) is 3.73. The number of nitrogens with zero attached hydrogens (tertiary/aromatic N) is 4. The number of imidazole rings is 1. The molecule has 3 heterocycles. The van der Waals surface area contributed by atoms with E-state index in [4.69, 9.17) is 0 Å². The van der Waals surface area contributed by atoms with E-state index in [9.17, 15) is 4.39 Å². The predicted octanol–water partition coefficient (Wildman–Crippen LogP) is 2.04. The molecule has 1 aromatic carbocycles. The summed E-state index contributed by atoms with van der Waals surface area (Å²) in [4.78, 5) is 18.7. The summed E-state index contributed by atoms with van der Waals surface area (Å²) in [5.41, 5.74) is 2.18. The molecule has 0 bridgehead atoms. The fraction of sp³-hybridized carbons (Fsp3) is 0.312. The number of halogens is 1. The second-order valence-corrected chi connectivity index (χ2v) is 5.69. The van der Waals surface area contributed by atoms with Crippen LogP contribution in [0.5, 0.6) is 0 Å². The van der Waals surface area contributed by atoms with Crippen molar-refractivity contribution in [2.24, 2.45) is 0 Å². The molecular weight excluding hydrogens is 309 g/mol. The summed E-state index contributed by atoms with van der Waals surface area (Å²) in [7, 11) is 0. The number of rotatable bonds is 3. The van der Waals surface area contributed by atoms with E-state index in [0.29, 0.717) is 11.6 Å². The lowest BCUT2D eigenvalue weighted by atomic mass is 10.3. The molecule has 3 N–H and O–H groups in total. The highest BCUT2D eigenvalue weighted by Gasteiger charge is 2.17. The Bertz CT molecular complexity index is 822. The van der Waals surface area contributed by atoms with Crippen molar-refractivity contribution in [3.8, 4) is 0 Å². The largest absolute Gasteiger partial charge is 0.353 e. The second-order valence-electron chi connectivity index (χ2n) is 5.69. The molecule has 1 fully saturated rings. The summed E-state index contributed by atoms with van der Waals surface area (Å²) in [6.07, 6.45) is 2.68. The quantitative estimate of drug-likeness (QED) is 0.683. The lowest BCUT2D eigenvalue weighted by Gasteiger charge is -2.22. The Morgan fingerprint density at radius 2 is 1.96 bits per heavy atom. The number of hydrogen-bond donors (Lipinski definition) is 3. The third kappa shape index (κ3) is 3.00. The van der Waals surface area contributed by atoms with Crippen LogP contribution in [0.2, 0.25) is 0 Å². The van der Waals surface area contributed by atoms with Crippen molar-refractivity contribution in [2.75, 3.05) is 36.4 Å². The van der Waals surface area contributed by atoms with Crippen molar-refractivity contribution in [3.63, 3.8) is 0 Å². The third-order valence-corrected chi connectivity index (χ3v) is 4.01. The van der Waals surface area contributed by atoms with Crippen LogP contribution in [-0.2, 0) is 0 Å². The number of fused-ring (bicyclic) bond motifs is 1. The van der Waals surface area contributed by atoms with Crippen LogP contribution in [0.4, 0.5) is 21.8 Å². The van der Waals surface area contributed by atoms with Crippen LogP contribution in [-0.4, -0.2) is 46.1 Å². The molecular formula is C16H18FN7. The molecule has 1 aliphatic heterocycles. The van der Waals surface area contributed by atoms with Crippen molar-refractivity contribution in [2.45, 2.75) is 6.42 Å². The summed E-state index contributed by atoms with van der Waals surface area (Å²) >= 11 is 0. The van der Waals surface area contributed by atoms with Gasteiger partial charge in [-0.25, -0.2) is 9.37 Å². The molecule has 4 rings (SSSR count). The molecule has 2 aromatic heterocycles. The van der Waals surface area contributed by atoms with Crippen LogP contribution >= 0.6 is 0 Å². The van der Waals surface area contributed by atoms with E-state index in [-0.39, 0.29) is 5.82 Å². The molecule has 7 nitrogen and oxygen atoms in total. The van der Waals surface area contributed by atoms with E-state index in [1.165, 1.54) is 12.1 Å². The van der Waals surface area contributed by atoms with Gasteiger partial charge >= 0.3 is 0 Å². The summed E-state index contributed by atoms with van der Waals surface area (Å²) in [6, 6.07) is 6.11. The maximum atomic E-state index is 13.1. The number of aromatic amines is 1. The molecule has 0 saturated carbocycles. The minimum absolute atomic E-state index is 0.276. The highest BCUT2D eigenvalue weighted by atomic mass is 19.1. The molecule has 24 heavy (non-hydrogen) atoms. The lowest BCUT2D eigenvalue weighted by molar-refractivity contribution is 0.628. The van der Waals surface area contributed by atoms with E-state index in [2.05, 4.69) is 35.5 Å². The minimum Gasteiger partial charge on any atom is -0.353 e. The van der Waals surface area contributed by atoms with Crippen LogP contribution in [0.3, 0.4) is 0 Å². The molecule has 3 aromatic rings.